The number of hydrazine groups is 1. The molecule has 2 rings (SSSR count). The Kier molecular flexibility index (Phi) is 4.95. The average Bonchev–Trinajstić information content (AvgIpc) is 2.50. The van der Waals surface area contributed by atoms with Gasteiger partial charge in [-0.05, 0) is 23.8 Å². The van der Waals surface area contributed by atoms with Crippen LogP contribution in [0.5, 0.6) is 0 Å². The van der Waals surface area contributed by atoms with Gasteiger partial charge in [0, 0.05) is 29.9 Å². The van der Waals surface area contributed by atoms with E-state index in [-0.39, 0.29) is 23.5 Å². The van der Waals surface area contributed by atoms with Gasteiger partial charge in [-0.15, -0.1) is 0 Å². The summed E-state index contributed by atoms with van der Waals surface area (Å²) in [5.74, 6) is -0.929. The van der Waals surface area contributed by atoms with Crippen molar-refractivity contribution in [3.63, 3.8) is 0 Å². The van der Waals surface area contributed by atoms with Crippen molar-refractivity contribution < 1.29 is 9.59 Å². The predicted molar refractivity (Wildman–Crippen MR) is 82.4 cm³/mol. The van der Waals surface area contributed by atoms with Crippen LogP contribution in [0.25, 0.3) is 0 Å². The van der Waals surface area contributed by atoms with Crippen LogP contribution in [0.1, 0.15) is 15.9 Å². The molecule has 1 aromatic heterocycles. The molecule has 0 spiro atoms. The molecule has 0 saturated heterocycles. The summed E-state index contributed by atoms with van der Waals surface area (Å²) in [5.41, 5.74) is 5.20. The molecule has 0 fully saturated rings. The summed E-state index contributed by atoms with van der Waals surface area (Å²) < 4.78 is 1.34. The molecule has 0 bridgehead atoms. The van der Waals surface area contributed by atoms with Gasteiger partial charge >= 0.3 is 0 Å². The lowest BCUT2D eigenvalue weighted by Gasteiger charge is -2.08. The summed E-state index contributed by atoms with van der Waals surface area (Å²) in [6.07, 6.45) is 1.58. The molecule has 0 aliphatic heterocycles. The monoisotopic (exact) mass is 319 g/mol. The Hall–Kier alpha value is -2.60. The SMILES string of the molecule is Cn1ccc(C(=O)NNC(=O)Cc2ccc(Cl)cc2)cc1=O. The van der Waals surface area contributed by atoms with Crippen LogP contribution in [0.4, 0.5) is 0 Å². The number of benzene rings is 1. The highest BCUT2D eigenvalue weighted by atomic mass is 35.5. The van der Waals surface area contributed by atoms with E-state index >= 15 is 0 Å². The molecule has 2 N–H and O–H groups in total. The number of aryl methyl sites for hydroxylation is 1. The molecular formula is C15H14ClN3O3. The number of halogens is 1. The number of carbonyl (C=O) groups excluding carboxylic acids is 2. The first kappa shape index (κ1) is 15.8. The molecule has 22 heavy (non-hydrogen) atoms. The fourth-order valence-electron chi connectivity index (χ4n) is 1.72. The van der Waals surface area contributed by atoms with Crippen LogP contribution in [0.3, 0.4) is 0 Å². The van der Waals surface area contributed by atoms with Crippen molar-refractivity contribution in [2.24, 2.45) is 7.05 Å². The Morgan fingerprint density at radius 2 is 1.82 bits per heavy atom. The van der Waals surface area contributed by atoms with Crippen molar-refractivity contribution in [1.82, 2.24) is 15.4 Å². The highest BCUT2D eigenvalue weighted by Crippen LogP contribution is 2.09. The number of nitrogens with one attached hydrogen (secondary N) is 2. The maximum atomic E-state index is 11.8. The first-order valence-electron chi connectivity index (χ1n) is 6.46. The van der Waals surface area contributed by atoms with Gasteiger partial charge in [0.05, 0.1) is 6.42 Å². The van der Waals surface area contributed by atoms with Crippen LogP contribution in [0, 0.1) is 0 Å². The third kappa shape index (κ3) is 4.20. The average molecular weight is 320 g/mol. The molecule has 7 heteroatoms. The molecule has 1 aromatic carbocycles. The van der Waals surface area contributed by atoms with Crippen molar-refractivity contribution in [3.05, 3.63) is 69.1 Å². The summed E-state index contributed by atoms with van der Waals surface area (Å²) in [4.78, 5) is 35.0. The van der Waals surface area contributed by atoms with Gasteiger partial charge in [0.1, 0.15) is 0 Å². The van der Waals surface area contributed by atoms with Gasteiger partial charge < -0.3 is 4.57 Å². The number of hydrogen-bond donors (Lipinski definition) is 2. The zero-order valence-electron chi connectivity index (χ0n) is 11.8. The van der Waals surface area contributed by atoms with E-state index in [2.05, 4.69) is 10.9 Å². The fourth-order valence-corrected chi connectivity index (χ4v) is 1.85. The zero-order valence-corrected chi connectivity index (χ0v) is 12.6. The van der Waals surface area contributed by atoms with Gasteiger partial charge in [0.25, 0.3) is 11.5 Å². The van der Waals surface area contributed by atoms with E-state index in [0.29, 0.717) is 5.02 Å². The number of pyridine rings is 1. The molecule has 0 aliphatic carbocycles. The first-order valence-corrected chi connectivity index (χ1v) is 6.84. The Labute approximate surface area is 131 Å². The van der Waals surface area contributed by atoms with Crippen LogP contribution < -0.4 is 16.4 Å². The molecule has 0 aliphatic rings. The highest BCUT2D eigenvalue weighted by molar-refractivity contribution is 6.30. The van der Waals surface area contributed by atoms with Crippen molar-refractivity contribution in [1.29, 1.82) is 0 Å². The highest BCUT2D eigenvalue weighted by Gasteiger charge is 2.09. The molecule has 2 aromatic rings. The van der Waals surface area contributed by atoms with Crippen molar-refractivity contribution in [2.45, 2.75) is 6.42 Å². The molecule has 6 nitrogen and oxygen atoms in total. The number of nitrogens with zero attached hydrogens (tertiary/aromatic N) is 1. The topological polar surface area (TPSA) is 80.2 Å². The minimum absolute atomic E-state index is 0.105. The van der Waals surface area contributed by atoms with Crippen molar-refractivity contribution in [3.8, 4) is 0 Å². The third-order valence-electron chi connectivity index (χ3n) is 2.96. The minimum Gasteiger partial charge on any atom is -0.319 e. The van der Waals surface area contributed by atoms with E-state index in [0.717, 1.165) is 5.56 Å². The largest absolute Gasteiger partial charge is 0.319 e. The second-order valence-electron chi connectivity index (χ2n) is 4.67. The van der Waals surface area contributed by atoms with Crippen LogP contribution in [0.15, 0.2) is 47.4 Å². The van der Waals surface area contributed by atoms with Gasteiger partial charge in [-0.1, -0.05) is 23.7 Å². The lowest BCUT2D eigenvalue weighted by molar-refractivity contribution is -0.121. The minimum atomic E-state index is -0.554. The van der Waals surface area contributed by atoms with Crippen LogP contribution >= 0.6 is 11.6 Å². The molecule has 0 saturated carbocycles. The van der Waals surface area contributed by atoms with Crippen LogP contribution in [-0.2, 0) is 18.3 Å². The standard InChI is InChI=1S/C15H14ClN3O3/c1-19-7-6-11(9-14(19)21)15(22)18-17-13(20)8-10-2-4-12(16)5-3-10/h2-7,9H,8H2,1H3,(H,17,20)(H,18,22). The Bertz CT molecular complexity index is 753. The Morgan fingerprint density at radius 3 is 2.45 bits per heavy atom. The molecule has 114 valence electrons. The van der Waals surface area contributed by atoms with Crippen molar-refractivity contribution in [2.75, 3.05) is 0 Å². The molecule has 2 amide bonds. The number of rotatable bonds is 3. The quantitative estimate of drug-likeness (QED) is 0.830. The predicted octanol–water partition coefficient (Wildman–Crippen LogP) is 1.04. The zero-order chi connectivity index (χ0) is 16.1. The summed E-state index contributed by atoms with van der Waals surface area (Å²) in [5, 5.41) is 0.586. The van der Waals surface area contributed by atoms with Gasteiger partial charge in [-0.25, -0.2) is 0 Å². The molecule has 0 unspecified atom stereocenters. The fraction of sp³-hybridized carbons (Fsp3) is 0.133. The summed E-state index contributed by atoms with van der Waals surface area (Å²) in [7, 11) is 1.58. The summed E-state index contributed by atoms with van der Waals surface area (Å²) >= 11 is 5.76. The lowest BCUT2D eigenvalue weighted by atomic mass is 10.1. The normalized spacial score (nSPS) is 10.1. The van der Waals surface area contributed by atoms with E-state index in [4.69, 9.17) is 11.6 Å². The van der Waals surface area contributed by atoms with Gasteiger partial charge in [-0.2, -0.15) is 0 Å². The number of aromatic nitrogens is 1. The third-order valence-corrected chi connectivity index (χ3v) is 3.21. The van der Waals surface area contributed by atoms with Gasteiger partial charge in [-0.3, -0.25) is 25.2 Å². The van der Waals surface area contributed by atoms with Gasteiger partial charge in [0.2, 0.25) is 5.91 Å². The summed E-state index contributed by atoms with van der Waals surface area (Å²) in [6, 6.07) is 9.50. The van der Waals surface area contributed by atoms with Crippen molar-refractivity contribution >= 4 is 23.4 Å². The van der Waals surface area contributed by atoms with Gasteiger partial charge in [0.15, 0.2) is 0 Å². The molecule has 0 radical (unpaired) electrons. The van der Waals surface area contributed by atoms with E-state index in [1.807, 2.05) is 0 Å². The molecule has 0 atom stereocenters. The number of amides is 2. The molecular weight excluding hydrogens is 306 g/mol. The maximum Gasteiger partial charge on any atom is 0.269 e. The first-order chi connectivity index (χ1) is 10.5. The van der Waals surface area contributed by atoms with Crippen LogP contribution in [0.2, 0.25) is 5.02 Å². The Balaban J connectivity index is 1.90. The summed E-state index contributed by atoms with van der Waals surface area (Å²) in [6.45, 7) is 0. The number of hydrogen-bond acceptors (Lipinski definition) is 3. The second-order valence-corrected chi connectivity index (χ2v) is 5.11. The lowest BCUT2D eigenvalue weighted by Crippen LogP contribution is -2.42. The van der Waals surface area contributed by atoms with E-state index in [1.165, 1.54) is 22.9 Å². The van der Waals surface area contributed by atoms with E-state index in [1.54, 1.807) is 31.3 Å². The van der Waals surface area contributed by atoms with Crippen LogP contribution in [-0.4, -0.2) is 16.4 Å². The maximum absolute atomic E-state index is 11.8. The van der Waals surface area contributed by atoms with E-state index in [9.17, 15) is 14.4 Å². The number of carbonyl (C=O) groups is 2. The molecule has 1 heterocycles. The Morgan fingerprint density at radius 1 is 1.14 bits per heavy atom. The second kappa shape index (κ2) is 6.91. The smallest absolute Gasteiger partial charge is 0.269 e. The van der Waals surface area contributed by atoms with E-state index < -0.39 is 5.91 Å².